The number of hydrogen-bond acceptors (Lipinski definition) is 4. The molecule has 0 spiro atoms. The summed E-state index contributed by atoms with van der Waals surface area (Å²) in [4.78, 5) is 19.6. The van der Waals surface area contributed by atoms with Crippen LogP contribution >= 0.6 is 0 Å². The van der Waals surface area contributed by atoms with E-state index in [1.54, 1.807) is 0 Å². The van der Waals surface area contributed by atoms with Crippen LogP contribution in [0.2, 0.25) is 0 Å². The van der Waals surface area contributed by atoms with E-state index in [0.29, 0.717) is 5.75 Å². The summed E-state index contributed by atoms with van der Waals surface area (Å²) in [5.41, 5.74) is 4.23. The number of carboxylic acids is 2. The van der Waals surface area contributed by atoms with Crippen molar-refractivity contribution in [2.75, 3.05) is 0 Å². The molecular weight excluding hydrogens is 504 g/mol. The average Bonchev–Trinajstić information content (AvgIpc) is 2.86. The molecule has 3 atom stereocenters. The fraction of sp³-hybridized carbons (Fsp3) is 0.765. The second-order valence-electron chi connectivity index (χ2n) is 13.1. The van der Waals surface area contributed by atoms with Crippen molar-refractivity contribution in [1.82, 2.24) is 0 Å². The zero-order chi connectivity index (χ0) is 30.5. The molecule has 1 aromatic carbocycles. The highest BCUT2D eigenvalue weighted by Crippen LogP contribution is 2.44. The second kappa shape index (κ2) is 17.5. The van der Waals surface area contributed by atoms with Crippen LogP contribution in [0.15, 0.2) is 0 Å². The summed E-state index contributed by atoms with van der Waals surface area (Å²) in [6, 6.07) is 0. The molecule has 1 heterocycles. The number of hydrogen-bond donors (Lipinski definition) is 3. The van der Waals surface area contributed by atoms with Gasteiger partial charge in [0.2, 0.25) is 0 Å². The van der Waals surface area contributed by atoms with E-state index >= 15 is 0 Å². The van der Waals surface area contributed by atoms with Crippen LogP contribution in [0.5, 0.6) is 11.5 Å². The van der Waals surface area contributed by atoms with Gasteiger partial charge in [-0.3, -0.25) is 9.59 Å². The van der Waals surface area contributed by atoms with Crippen molar-refractivity contribution in [3.05, 3.63) is 22.3 Å². The third kappa shape index (κ3) is 13.0. The first-order valence-electron chi connectivity index (χ1n) is 15.6. The largest absolute Gasteiger partial charge is 0.507 e. The van der Waals surface area contributed by atoms with E-state index in [4.69, 9.17) is 14.9 Å². The minimum absolute atomic E-state index is 0.0632. The van der Waals surface area contributed by atoms with Gasteiger partial charge in [0, 0.05) is 18.4 Å². The van der Waals surface area contributed by atoms with Gasteiger partial charge in [-0.2, -0.15) is 0 Å². The molecule has 0 aromatic heterocycles. The molecule has 1 aliphatic heterocycles. The van der Waals surface area contributed by atoms with Crippen molar-refractivity contribution >= 4 is 11.9 Å². The summed E-state index contributed by atoms with van der Waals surface area (Å²) in [6.07, 6.45) is 14.1. The Hall–Kier alpha value is -2.24. The topological polar surface area (TPSA) is 104 Å². The number of aromatic hydroxyl groups is 1. The van der Waals surface area contributed by atoms with Gasteiger partial charge in [0.15, 0.2) is 0 Å². The molecule has 0 amide bonds. The lowest BCUT2D eigenvalue weighted by Crippen LogP contribution is -2.37. The minimum atomic E-state index is -0.948. The zero-order valence-corrected chi connectivity index (χ0v) is 26.7. The number of rotatable bonds is 16. The number of aliphatic carboxylic acids is 2. The smallest absolute Gasteiger partial charge is 0.303 e. The van der Waals surface area contributed by atoms with Crippen LogP contribution in [0.1, 0.15) is 140 Å². The summed E-state index contributed by atoms with van der Waals surface area (Å²) in [6.45, 7) is 17.9. The van der Waals surface area contributed by atoms with Crippen LogP contribution in [0.3, 0.4) is 0 Å². The maximum absolute atomic E-state index is 10.4. The van der Waals surface area contributed by atoms with E-state index in [2.05, 4.69) is 41.5 Å². The molecular formula is C34H58O6. The molecule has 1 aromatic rings. The molecule has 1 aliphatic rings. The standard InChI is InChI=1S/C29H50O2.C5H8O4/c1-20(2)12-9-13-21(3)14-10-15-22(4)16-11-18-29(8)19-17-26-25(7)27(30)23(5)24(6)28(26)31-29;6-4(7)2-1-3-5(8)9/h20-22,30H,9-19H2,1-8H3;1-3H2,(H,6,7)(H,8,9)/t21-,22-,29-;/m1./s1. The molecule has 0 fully saturated rings. The second-order valence-corrected chi connectivity index (χ2v) is 13.1. The Kier molecular flexibility index (Phi) is 15.7. The maximum Gasteiger partial charge on any atom is 0.303 e. The number of ether oxygens (including phenoxy) is 1. The summed E-state index contributed by atoms with van der Waals surface area (Å²) in [5, 5.41) is 26.5. The molecule has 6 nitrogen and oxygen atoms in total. The van der Waals surface area contributed by atoms with Gasteiger partial charge in [-0.25, -0.2) is 0 Å². The molecule has 2 rings (SSSR count). The number of carboxylic acid groups (broad SMARTS) is 2. The highest BCUT2D eigenvalue weighted by Gasteiger charge is 2.34. The lowest BCUT2D eigenvalue weighted by molar-refractivity contribution is -0.138. The predicted octanol–water partition coefficient (Wildman–Crippen LogP) is 9.17. The monoisotopic (exact) mass is 562 g/mol. The van der Waals surface area contributed by atoms with Crippen LogP contribution in [0.25, 0.3) is 0 Å². The summed E-state index contributed by atoms with van der Waals surface area (Å²) < 4.78 is 6.60. The van der Waals surface area contributed by atoms with Crippen molar-refractivity contribution in [2.45, 2.75) is 151 Å². The first-order chi connectivity index (χ1) is 18.7. The molecule has 230 valence electrons. The summed E-state index contributed by atoms with van der Waals surface area (Å²) in [7, 11) is 0. The Morgan fingerprint density at radius 3 is 1.77 bits per heavy atom. The Morgan fingerprint density at radius 1 is 0.775 bits per heavy atom. The van der Waals surface area contributed by atoms with Gasteiger partial charge >= 0.3 is 11.9 Å². The number of fused-ring (bicyclic) bond motifs is 1. The van der Waals surface area contributed by atoms with Crippen LogP contribution in [-0.4, -0.2) is 32.9 Å². The van der Waals surface area contributed by atoms with Crippen molar-refractivity contribution in [2.24, 2.45) is 17.8 Å². The Morgan fingerprint density at radius 2 is 1.27 bits per heavy atom. The van der Waals surface area contributed by atoms with Gasteiger partial charge in [-0.05, 0) is 94.2 Å². The van der Waals surface area contributed by atoms with E-state index in [1.807, 2.05) is 13.8 Å². The van der Waals surface area contributed by atoms with Crippen molar-refractivity contribution in [3.8, 4) is 11.5 Å². The van der Waals surface area contributed by atoms with Gasteiger partial charge in [-0.1, -0.05) is 72.6 Å². The van der Waals surface area contributed by atoms with Gasteiger partial charge in [0.05, 0.1) is 0 Å². The van der Waals surface area contributed by atoms with Gasteiger partial charge in [-0.15, -0.1) is 0 Å². The quantitative estimate of drug-likeness (QED) is 0.185. The van der Waals surface area contributed by atoms with E-state index in [0.717, 1.165) is 59.5 Å². The number of benzene rings is 1. The van der Waals surface area contributed by atoms with Crippen LogP contribution in [0, 0.1) is 38.5 Å². The highest BCUT2D eigenvalue weighted by molar-refractivity contribution is 5.69. The van der Waals surface area contributed by atoms with E-state index in [-0.39, 0.29) is 24.9 Å². The first-order valence-corrected chi connectivity index (χ1v) is 15.6. The first kappa shape index (κ1) is 35.8. The van der Waals surface area contributed by atoms with Crippen LogP contribution in [-0.2, 0) is 16.0 Å². The van der Waals surface area contributed by atoms with Crippen LogP contribution in [0.4, 0.5) is 0 Å². The number of phenolic OH excluding ortho intramolecular Hbond substituents is 1. The maximum atomic E-state index is 10.4. The number of carbonyl (C=O) groups is 2. The minimum Gasteiger partial charge on any atom is -0.507 e. The number of phenols is 1. The van der Waals surface area contributed by atoms with E-state index in [9.17, 15) is 14.7 Å². The lowest BCUT2D eigenvalue weighted by Gasteiger charge is -2.38. The van der Waals surface area contributed by atoms with Gasteiger partial charge in [0.25, 0.3) is 0 Å². The third-order valence-corrected chi connectivity index (χ3v) is 8.65. The fourth-order valence-corrected chi connectivity index (χ4v) is 5.66. The summed E-state index contributed by atoms with van der Waals surface area (Å²) in [5.74, 6) is 2.14. The molecule has 0 aliphatic carbocycles. The SMILES string of the molecule is Cc1c(C)c2c(c(C)c1O)CC[C@@](C)(CCC[C@H](C)CCC[C@H](C)CCCC(C)C)O2.O=C(O)CCCC(=O)O. The van der Waals surface area contributed by atoms with Crippen molar-refractivity contribution < 1.29 is 29.6 Å². The van der Waals surface area contributed by atoms with Crippen LogP contribution < -0.4 is 4.74 Å². The highest BCUT2D eigenvalue weighted by atomic mass is 16.5. The lowest BCUT2D eigenvalue weighted by atomic mass is 9.84. The third-order valence-electron chi connectivity index (χ3n) is 8.65. The van der Waals surface area contributed by atoms with E-state index < -0.39 is 11.9 Å². The average molecular weight is 563 g/mol. The fourth-order valence-electron chi connectivity index (χ4n) is 5.66. The molecule has 0 bridgehead atoms. The Labute approximate surface area is 243 Å². The summed E-state index contributed by atoms with van der Waals surface area (Å²) >= 11 is 0. The molecule has 0 unspecified atom stereocenters. The van der Waals surface area contributed by atoms with Gasteiger partial charge < -0.3 is 20.1 Å². The predicted molar refractivity (Wildman–Crippen MR) is 164 cm³/mol. The molecule has 0 saturated heterocycles. The van der Waals surface area contributed by atoms with E-state index in [1.165, 1.54) is 56.9 Å². The van der Waals surface area contributed by atoms with Crippen molar-refractivity contribution in [3.63, 3.8) is 0 Å². The molecule has 0 saturated carbocycles. The molecule has 3 N–H and O–H groups in total. The van der Waals surface area contributed by atoms with Gasteiger partial charge in [0.1, 0.15) is 17.1 Å². The Balaban J connectivity index is 0.000000763. The van der Waals surface area contributed by atoms with Crippen molar-refractivity contribution in [1.29, 1.82) is 0 Å². The molecule has 0 radical (unpaired) electrons. The zero-order valence-electron chi connectivity index (χ0n) is 26.7. The molecule has 6 heteroatoms. The molecule has 40 heavy (non-hydrogen) atoms. The normalized spacial score (nSPS) is 17.8. The Bertz CT molecular complexity index is 923.